The lowest BCUT2D eigenvalue weighted by Gasteiger charge is -2.11. The number of hydrogen-bond acceptors (Lipinski definition) is 7. The monoisotopic (exact) mass is 476 g/mol. The lowest BCUT2D eigenvalue weighted by molar-refractivity contribution is -0.124. The van der Waals surface area contributed by atoms with Crippen LogP contribution in [0.2, 0.25) is 0 Å². The zero-order chi connectivity index (χ0) is 23.5. The molecule has 1 fully saturated rings. The third-order valence-corrected chi connectivity index (χ3v) is 6.58. The molecule has 1 N–H and O–H groups in total. The van der Waals surface area contributed by atoms with Crippen molar-refractivity contribution in [1.82, 2.24) is 20.1 Å². The van der Waals surface area contributed by atoms with Gasteiger partial charge in [0.25, 0.3) is 5.91 Å². The molecule has 5 rings (SSSR count). The Labute approximate surface area is 200 Å². The van der Waals surface area contributed by atoms with E-state index in [1.165, 1.54) is 11.3 Å². The fourth-order valence-electron chi connectivity index (χ4n) is 4.04. The molecule has 0 radical (unpaired) electrons. The highest BCUT2D eigenvalue weighted by Gasteiger charge is 2.23. The molecule has 4 heterocycles. The average molecular weight is 477 g/mol. The van der Waals surface area contributed by atoms with Gasteiger partial charge in [-0.3, -0.25) is 4.79 Å². The normalized spacial score (nSPS) is 15.5. The summed E-state index contributed by atoms with van der Waals surface area (Å²) in [6.45, 7) is 2.60. The molecule has 0 bridgehead atoms. The van der Waals surface area contributed by atoms with Crippen molar-refractivity contribution in [2.45, 2.75) is 25.9 Å². The first-order valence-corrected chi connectivity index (χ1v) is 12.0. The predicted octanol–water partition coefficient (Wildman–Crippen LogP) is 3.91. The maximum Gasteiger partial charge on any atom is 0.339 e. The fourth-order valence-corrected chi connectivity index (χ4v) is 4.73. The lowest BCUT2D eigenvalue weighted by Crippen LogP contribution is -2.34. The van der Waals surface area contributed by atoms with Crippen LogP contribution in [0.5, 0.6) is 0 Å². The zero-order valence-electron chi connectivity index (χ0n) is 18.7. The average Bonchev–Trinajstić information content (AvgIpc) is 3.63. The fraction of sp³-hybridized carbons (Fsp3) is 0.280. The maximum atomic E-state index is 13.2. The van der Waals surface area contributed by atoms with Gasteiger partial charge in [-0.15, -0.1) is 11.3 Å². The molecule has 1 saturated heterocycles. The molecule has 34 heavy (non-hydrogen) atoms. The Kier molecular flexibility index (Phi) is 6.37. The molecule has 1 atom stereocenters. The van der Waals surface area contributed by atoms with Crippen molar-refractivity contribution < 1.29 is 19.1 Å². The van der Waals surface area contributed by atoms with Crippen molar-refractivity contribution in [3.63, 3.8) is 0 Å². The van der Waals surface area contributed by atoms with Gasteiger partial charge in [0.05, 0.1) is 39.0 Å². The largest absolute Gasteiger partial charge is 0.452 e. The van der Waals surface area contributed by atoms with Crippen molar-refractivity contribution in [2.24, 2.45) is 0 Å². The molecule has 1 unspecified atom stereocenters. The number of nitrogens with one attached hydrogen (secondary N) is 1. The van der Waals surface area contributed by atoms with Crippen LogP contribution in [0.3, 0.4) is 0 Å². The molecule has 0 spiro atoms. The van der Waals surface area contributed by atoms with Crippen LogP contribution in [0.4, 0.5) is 0 Å². The molecule has 9 heteroatoms. The van der Waals surface area contributed by atoms with E-state index in [0.29, 0.717) is 34.5 Å². The molecule has 1 aromatic carbocycles. The minimum absolute atomic E-state index is 0.0271. The van der Waals surface area contributed by atoms with Crippen LogP contribution in [0.1, 0.15) is 28.9 Å². The standard InChI is InChI=1S/C25H24N4O4S/c1-16-23-19(25(31)33-15-22(30)26-14-18-9-5-11-32-18)13-20(21-10-6-12-34-21)27-24(23)29(28-16)17-7-3-2-4-8-17/h2-4,6-8,10,12-13,18H,5,9,11,14-15H2,1H3,(H,26,30). The molecule has 1 amide bonds. The van der Waals surface area contributed by atoms with E-state index in [1.807, 2.05) is 54.8 Å². The van der Waals surface area contributed by atoms with Gasteiger partial charge in [-0.2, -0.15) is 5.10 Å². The Morgan fingerprint density at radius 3 is 2.82 bits per heavy atom. The van der Waals surface area contributed by atoms with E-state index in [0.717, 1.165) is 30.0 Å². The van der Waals surface area contributed by atoms with Gasteiger partial charge in [-0.1, -0.05) is 24.3 Å². The van der Waals surface area contributed by atoms with Crippen molar-refractivity contribution in [2.75, 3.05) is 19.8 Å². The van der Waals surface area contributed by atoms with Crippen LogP contribution in [0, 0.1) is 6.92 Å². The van der Waals surface area contributed by atoms with Crippen molar-refractivity contribution in [3.8, 4) is 16.3 Å². The van der Waals surface area contributed by atoms with Crippen LogP contribution in [0.25, 0.3) is 27.3 Å². The summed E-state index contributed by atoms with van der Waals surface area (Å²) >= 11 is 1.53. The first kappa shape index (κ1) is 22.2. The van der Waals surface area contributed by atoms with Crippen molar-refractivity contribution in [1.29, 1.82) is 0 Å². The molecule has 1 aliphatic heterocycles. The molecule has 174 valence electrons. The van der Waals surface area contributed by atoms with E-state index in [2.05, 4.69) is 10.4 Å². The summed E-state index contributed by atoms with van der Waals surface area (Å²) in [6, 6.07) is 15.2. The quantitative estimate of drug-likeness (QED) is 0.407. The Hall–Kier alpha value is -3.56. The number of para-hydroxylation sites is 1. The first-order chi connectivity index (χ1) is 16.6. The second-order valence-electron chi connectivity index (χ2n) is 8.08. The van der Waals surface area contributed by atoms with E-state index in [-0.39, 0.29) is 18.6 Å². The number of rotatable bonds is 7. The van der Waals surface area contributed by atoms with Crippen LogP contribution < -0.4 is 5.32 Å². The smallest absolute Gasteiger partial charge is 0.339 e. The molecule has 0 aliphatic carbocycles. The van der Waals surface area contributed by atoms with Gasteiger partial charge < -0.3 is 14.8 Å². The molecule has 1 aliphatic rings. The van der Waals surface area contributed by atoms with E-state index in [1.54, 1.807) is 10.7 Å². The number of nitrogens with zero attached hydrogens (tertiary/aromatic N) is 3. The topological polar surface area (TPSA) is 95.3 Å². The molecule has 8 nitrogen and oxygen atoms in total. The van der Waals surface area contributed by atoms with Gasteiger partial charge in [-0.05, 0) is 49.4 Å². The molecular formula is C25H24N4O4S. The van der Waals surface area contributed by atoms with Crippen LogP contribution in [-0.4, -0.2) is 52.5 Å². The summed E-state index contributed by atoms with van der Waals surface area (Å²) in [4.78, 5) is 31.1. The van der Waals surface area contributed by atoms with E-state index < -0.39 is 5.97 Å². The van der Waals surface area contributed by atoms with Crippen molar-refractivity contribution in [3.05, 3.63) is 65.2 Å². The highest BCUT2D eigenvalue weighted by Crippen LogP contribution is 2.31. The zero-order valence-corrected chi connectivity index (χ0v) is 19.5. The third-order valence-electron chi connectivity index (χ3n) is 5.69. The number of pyridine rings is 1. The summed E-state index contributed by atoms with van der Waals surface area (Å²) < 4.78 is 12.6. The van der Waals surface area contributed by atoms with Crippen molar-refractivity contribution >= 4 is 34.2 Å². The number of hydrogen-bond donors (Lipinski definition) is 1. The Morgan fingerprint density at radius 2 is 2.09 bits per heavy atom. The second kappa shape index (κ2) is 9.74. The summed E-state index contributed by atoms with van der Waals surface area (Å²) in [6.07, 6.45) is 1.95. The number of aromatic nitrogens is 3. The van der Waals surface area contributed by atoms with Crippen LogP contribution in [-0.2, 0) is 14.3 Å². The maximum absolute atomic E-state index is 13.2. The number of fused-ring (bicyclic) bond motifs is 1. The second-order valence-corrected chi connectivity index (χ2v) is 9.03. The van der Waals surface area contributed by atoms with Gasteiger partial charge >= 0.3 is 5.97 Å². The number of carbonyl (C=O) groups is 2. The van der Waals surface area contributed by atoms with Crippen LogP contribution >= 0.6 is 11.3 Å². The summed E-state index contributed by atoms with van der Waals surface area (Å²) in [5, 5.41) is 9.98. The Morgan fingerprint density at radius 1 is 1.24 bits per heavy atom. The Bertz CT molecular complexity index is 1310. The number of ether oxygens (including phenoxy) is 2. The van der Waals surface area contributed by atoms with E-state index in [9.17, 15) is 9.59 Å². The number of amides is 1. The molecule has 4 aromatic rings. The number of thiophene rings is 1. The molecular weight excluding hydrogens is 452 g/mol. The molecule has 0 saturated carbocycles. The summed E-state index contributed by atoms with van der Waals surface area (Å²) in [7, 11) is 0. The van der Waals surface area contributed by atoms with Gasteiger partial charge in [0.1, 0.15) is 0 Å². The molecule has 3 aromatic heterocycles. The van der Waals surface area contributed by atoms with Gasteiger partial charge in [-0.25, -0.2) is 14.5 Å². The van der Waals surface area contributed by atoms with Gasteiger partial charge in [0.2, 0.25) is 0 Å². The predicted molar refractivity (Wildman–Crippen MR) is 129 cm³/mol. The first-order valence-electron chi connectivity index (χ1n) is 11.2. The minimum Gasteiger partial charge on any atom is -0.452 e. The Balaban J connectivity index is 1.45. The number of esters is 1. The summed E-state index contributed by atoms with van der Waals surface area (Å²) in [5.74, 6) is -0.947. The third kappa shape index (κ3) is 4.57. The van der Waals surface area contributed by atoms with E-state index >= 15 is 0 Å². The summed E-state index contributed by atoms with van der Waals surface area (Å²) in [5.41, 5.74) is 3.03. The van der Waals surface area contributed by atoms with Gasteiger partial charge in [0, 0.05) is 13.2 Å². The number of benzene rings is 1. The highest BCUT2D eigenvalue weighted by atomic mass is 32.1. The number of aryl methyl sites for hydroxylation is 1. The lowest BCUT2D eigenvalue weighted by atomic mass is 10.1. The minimum atomic E-state index is -0.590. The highest BCUT2D eigenvalue weighted by molar-refractivity contribution is 7.13. The van der Waals surface area contributed by atoms with E-state index in [4.69, 9.17) is 14.5 Å². The van der Waals surface area contributed by atoms with Gasteiger partial charge in [0.15, 0.2) is 12.3 Å². The van der Waals surface area contributed by atoms with Crippen LogP contribution in [0.15, 0.2) is 53.9 Å². The number of carbonyl (C=O) groups excluding carboxylic acids is 2. The SMILES string of the molecule is Cc1nn(-c2ccccc2)c2nc(-c3cccs3)cc(C(=O)OCC(=O)NCC3CCCO3)c12.